The summed E-state index contributed by atoms with van der Waals surface area (Å²) in [4.78, 5) is 2.58. The SMILES string of the molecule is CC1CCC(CNC(C)C)(CN(CCCO)C(C)C)CC1. The van der Waals surface area contributed by atoms with Crippen LogP contribution in [0.15, 0.2) is 0 Å². The van der Waals surface area contributed by atoms with Crippen molar-refractivity contribution in [2.24, 2.45) is 11.3 Å². The van der Waals surface area contributed by atoms with E-state index in [1.54, 1.807) is 0 Å². The van der Waals surface area contributed by atoms with Crippen LogP contribution in [0.4, 0.5) is 0 Å². The van der Waals surface area contributed by atoms with Gasteiger partial charge in [0.15, 0.2) is 0 Å². The fourth-order valence-electron chi connectivity index (χ4n) is 3.41. The van der Waals surface area contributed by atoms with Crippen molar-refractivity contribution in [3.63, 3.8) is 0 Å². The van der Waals surface area contributed by atoms with Crippen molar-refractivity contribution in [2.75, 3.05) is 26.2 Å². The van der Waals surface area contributed by atoms with Gasteiger partial charge in [0.2, 0.25) is 0 Å². The van der Waals surface area contributed by atoms with Crippen molar-refractivity contribution in [3.05, 3.63) is 0 Å². The molecule has 0 aromatic rings. The van der Waals surface area contributed by atoms with E-state index in [1.165, 1.54) is 32.2 Å². The molecule has 0 aliphatic heterocycles. The molecule has 3 heteroatoms. The first-order chi connectivity index (χ1) is 9.88. The minimum atomic E-state index is 0.303. The Labute approximate surface area is 132 Å². The van der Waals surface area contributed by atoms with Crippen molar-refractivity contribution >= 4 is 0 Å². The van der Waals surface area contributed by atoms with E-state index in [1.807, 2.05) is 0 Å². The second-order valence-electron chi connectivity index (χ2n) is 7.86. The molecule has 0 heterocycles. The summed E-state index contributed by atoms with van der Waals surface area (Å²) in [7, 11) is 0. The number of aliphatic hydroxyl groups excluding tert-OH is 1. The van der Waals surface area contributed by atoms with E-state index in [4.69, 9.17) is 5.11 Å². The molecule has 126 valence electrons. The van der Waals surface area contributed by atoms with Gasteiger partial charge in [0.25, 0.3) is 0 Å². The van der Waals surface area contributed by atoms with E-state index in [0.29, 0.717) is 24.1 Å². The predicted molar refractivity (Wildman–Crippen MR) is 91.6 cm³/mol. The van der Waals surface area contributed by atoms with Crippen molar-refractivity contribution in [2.45, 2.75) is 78.8 Å². The summed E-state index contributed by atoms with van der Waals surface area (Å²) in [6, 6.07) is 1.12. The van der Waals surface area contributed by atoms with Crippen LogP contribution in [0.3, 0.4) is 0 Å². The second-order valence-corrected chi connectivity index (χ2v) is 7.86. The van der Waals surface area contributed by atoms with E-state index in [2.05, 4.69) is 44.8 Å². The molecule has 0 spiro atoms. The molecule has 0 bridgehead atoms. The fraction of sp³-hybridized carbons (Fsp3) is 1.00. The number of aliphatic hydroxyl groups is 1. The van der Waals surface area contributed by atoms with Crippen LogP contribution in [0.5, 0.6) is 0 Å². The molecule has 0 aromatic heterocycles. The maximum Gasteiger partial charge on any atom is 0.0443 e. The molecular weight excluding hydrogens is 260 g/mol. The average molecular weight is 299 g/mol. The van der Waals surface area contributed by atoms with Crippen molar-refractivity contribution < 1.29 is 5.11 Å². The largest absolute Gasteiger partial charge is 0.396 e. The van der Waals surface area contributed by atoms with E-state index >= 15 is 0 Å². The third kappa shape index (κ3) is 6.66. The van der Waals surface area contributed by atoms with Crippen LogP contribution >= 0.6 is 0 Å². The Hall–Kier alpha value is -0.120. The van der Waals surface area contributed by atoms with Gasteiger partial charge in [-0.2, -0.15) is 0 Å². The number of nitrogens with zero attached hydrogens (tertiary/aromatic N) is 1. The van der Waals surface area contributed by atoms with Crippen LogP contribution in [-0.4, -0.2) is 48.3 Å². The zero-order chi connectivity index (χ0) is 15.9. The first-order valence-electron chi connectivity index (χ1n) is 8.97. The molecule has 1 aliphatic rings. The molecule has 1 fully saturated rings. The molecule has 1 aliphatic carbocycles. The highest BCUT2D eigenvalue weighted by molar-refractivity contribution is 4.90. The van der Waals surface area contributed by atoms with Gasteiger partial charge in [-0.1, -0.05) is 33.6 Å². The topological polar surface area (TPSA) is 35.5 Å². The summed E-state index contributed by atoms with van der Waals surface area (Å²) in [5, 5.41) is 12.8. The standard InChI is InChI=1S/C18H38N2O/c1-15(2)19-13-18(9-7-17(5)8-10-18)14-20(16(3)4)11-6-12-21/h15-17,19,21H,6-14H2,1-5H3. The lowest BCUT2D eigenvalue weighted by Gasteiger charge is -2.44. The zero-order valence-corrected chi connectivity index (χ0v) is 15.0. The number of nitrogens with one attached hydrogen (secondary N) is 1. The number of hydrogen-bond acceptors (Lipinski definition) is 3. The minimum absolute atomic E-state index is 0.303. The molecule has 0 saturated heterocycles. The van der Waals surface area contributed by atoms with Gasteiger partial charge in [-0.15, -0.1) is 0 Å². The second kappa shape index (κ2) is 9.12. The van der Waals surface area contributed by atoms with Crippen molar-refractivity contribution in [1.29, 1.82) is 0 Å². The summed E-state index contributed by atoms with van der Waals surface area (Å²) in [5.41, 5.74) is 0.427. The normalized spacial score (nSPS) is 27.0. The average Bonchev–Trinajstić information content (AvgIpc) is 2.44. The van der Waals surface area contributed by atoms with Gasteiger partial charge in [0, 0.05) is 38.3 Å². The highest BCUT2D eigenvalue weighted by Gasteiger charge is 2.36. The third-order valence-corrected chi connectivity index (χ3v) is 5.09. The number of hydrogen-bond donors (Lipinski definition) is 2. The van der Waals surface area contributed by atoms with Gasteiger partial charge < -0.3 is 15.3 Å². The van der Waals surface area contributed by atoms with E-state index < -0.39 is 0 Å². The van der Waals surface area contributed by atoms with Gasteiger partial charge in [-0.25, -0.2) is 0 Å². The maximum absolute atomic E-state index is 9.14. The molecule has 1 rings (SSSR count). The molecule has 0 amide bonds. The van der Waals surface area contributed by atoms with E-state index in [-0.39, 0.29) is 0 Å². The smallest absolute Gasteiger partial charge is 0.0443 e. The minimum Gasteiger partial charge on any atom is -0.396 e. The number of rotatable bonds is 9. The Balaban J connectivity index is 2.69. The maximum atomic E-state index is 9.14. The zero-order valence-electron chi connectivity index (χ0n) is 15.0. The summed E-state index contributed by atoms with van der Waals surface area (Å²) >= 11 is 0. The van der Waals surface area contributed by atoms with Gasteiger partial charge in [-0.05, 0) is 44.4 Å². The lowest BCUT2D eigenvalue weighted by molar-refractivity contribution is 0.0650. The van der Waals surface area contributed by atoms with Gasteiger partial charge >= 0.3 is 0 Å². The van der Waals surface area contributed by atoms with Gasteiger partial charge in [0.1, 0.15) is 0 Å². The highest BCUT2D eigenvalue weighted by Crippen LogP contribution is 2.39. The van der Waals surface area contributed by atoms with Crippen molar-refractivity contribution in [3.8, 4) is 0 Å². The molecule has 0 atom stereocenters. The highest BCUT2D eigenvalue weighted by atomic mass is 16.3. The first-order valence-corrected chi connectivity index (χ1v) is 8.97. The first kappa shape index (κ1) is 18.9. The molecule has 0 radical (unpaired) electrons. The molecule has 2 N–H and O–H groups in total. The Morgan fingerprint density at radius 2 is 1.81 bits per heavy atom. The lowest BCUT2D eigenvalue weighted by atomic mass is 9.70. The summed E-state index contributed by atoms with van der Waals surface area (Å²) < 4.78 is 0. The van der Waals surface area contributed by atoms with E-state index in [0.717, 1.165) is 25.4 Å². The van der Waals surface area contributed by atoms with Crippen molar-refractivity contribution in [1.82, 2.24) is 10.2 Å². The summed E-state index contributed by atoms with van der Waals surface area (Å²) in [6.07, 6.45) is 6.31. The van der Waals surface area contributed by atoms with Crippen LogP contribution in [-0.2, 0) is 0 Å². The molecule has 1 saturated carbocycles. The Morgan fingerprint density at radius 3 is 2.29 bits per heavy atom. The third-order valence-electron chi connectivity index (χ3n) is 5.09. The molecule has 0 unspecified atom stereocenters. The van der Waals surface area contributed by atoms with Crippen LogP contribution in [0.2, 0.25) is 0 Å². The Bertz CT molecular complexity index is 270. The van der Waals surface area contributed by atoms with Crippen LogP contribution in [0.25, 0.3) is 0 Å². The summed E-state index contributed by atoms with van der Waals surface area (Å²) in [6.45, 7) is 15.1. The predicted octanol–water partition coefficient (Wildman–Crippen LogP) is 3.27. The molecule has 21 heavy (non-hydrogen) atoms. The monoisotopic (exact) mass is 298 g/mol. The van der Waals surface area contributed by atoms with Gasteiger partial charge in [0.05, 0.1) is 0 Å². The van der Waals surface area contributed by atoms with E-state index in [9.17, 15) is 0 Å². The van der Waals surface area contributed by atoms with Gasteiger partial charge in [-0.3, -0.25) is 0 Å². The summed E-state index contributed by atoms with van der Waals surface area (Å²) in [5.74, 6) is 0.891. The Morgan fingerprint density at radius 1 is 1.19 bits per heavy atom. The fourth-order valence-corrected chi connectivity index (χ4v) is 3.41. The molecule has 0 aromatic carbocycles. The molecule has 3 nitrogen and oxygen atoms in total. The van der Waals surface area contributed by atoms with Crippen LogP contribution < -0.4 is 5.32 Å². The molecular formula is C18H38N2O. The van der Waals surface area contributed by atoms with Crippen LogP contribution in [0, 0.1) is 11.3 Å². The Kier molecular flexibility index (Phi) is 8.22. The quantitative estimate of drug-likeness (QED) is 0.686. The van der Waals surface area contributed by atoms with Crippen LogP contribution in [0.1, 0.15) is 66.7 Å². The lowest BCUT2D eigenvalue weighted by Crippen LogP contribution is -2.49.